The van der Waals surface area contributed by atoms with Crippen LogP contribution in [0.25, 0.3) is 0 Å². The second-order valence-corrected chi connectivity index (χ2v) is 4.15. The molecule has 0 bridgehead atoms. The predicted molar refractivity (Wildman–Crippen MR) is 61.7 cm³/mol. The lowest BCUT2D eigenvalue weighted by molar-refractivity contribution is -0.140. The van der Waals surface area contributed by atoms with Gasteiger partial charge in [-0.1, -0.05) is 6.07 Å². The highest BCUT2D eigenvalue weighted by molar-refractivity contribution is 5.27. The molecule has 2 nitrogen and oxygen atoms in total. The largest absolute Gasteiger partial charge is 0.419 e. The van der Waals surface area contributed by atoms with Crippen LogP contribution >= 0.6 is 0 Å². The smallest absolute Gasteiger partial charge is 0.318 e. The van der Waals surface area contributed by atoms with Gasteiger partial charge in [0.2, 0.25) is 0 Å². The summed E-state index contributed by atoms with van der Waals surface area (Å²) in [5.74, 6) is -1.23. The highest BCUT2D eigenvalue weighted by Crippen LogP contribution is 2.32. The Hall–Kier alpha value is -1.14. The second-order valence-electron chi connectivity index (χ2n) is 4.15. The van der Waals surface area contributed by atoms with Gasteiger partial charge < -0.3 is 10.2 Å². The summed E-state index contributed by atoms with van der Waals surface area (Å²) >= 11 is 0. The third-order valence-corrected chi connectivity index (χ3v) is 2.53. The number of rotatable bonds is 5. The molecular weight excluding hydrogens is 248 g/mol. The molecular formula is C12H16F4N2. The highest BCUT2D eigenvalue weighted by atomic mass is 19.4. The highest BCUT2D eigenvalue weighted by Gasteiger charge is 2.34. The molecule has 1 aromatic carbocycles. The van der Waals surface area contributed by atoms with E-state index < -0.39 is 17.6 Å². The molecule has 1 rings (SSSR count). The number of nitrogens with one attached hydrogen (secondary N) is 1. The first kappa shape index (κ1) is 14.9. The first-order chi connectivity index (χ1) is 8.34. The Morgan fingerprint density at radius 3 is 2.50 bits per heavy atom. The lowest BCUT2D eigenvalue weighted by Gasteiger charge is -2.17. The van der Waals surface area contributed by atoms with Gasteiger partial charge in [0.05, 0.1) is 5.56 Å². The van der Waals surface area contributed by atoms with Gasteiger partial charge in [-0.2, -0.15) is 13.2 Å². The SMILES string of the molecule is CNCCN(C)Cc1ccc(F)c(C(F)(F)F)c1. The summed E-state index contributed by atoms with van der Waals surface area (Å²) in [5, 5.41) is 2.95. The van der Waals surface area contributed by atoms with Gasteiger partial charge in [0.25, 0.3) is 0 Å². The van der Waals surface area contributed by atoms with Crippen LogP contribution in [0.2, 0.25) is 0 Å². The maximum absolute atomic E-state index is 13.1. The maximum Gasteiger partial charge on any atom is 0.419 e. The first-order valence-electron chi connectivity index (χ1n) is 5.53. The minimum Gasteiger partial charge on any atom is -0.318 e. The Morgan fingerprint density at radius 2 is 1.94 bits per heavy atom. The summed E-state index contributed by atoms with van der Waals surface area (Å²) < 4.78 is 50.6. The Labute approximate surface area is 104 Å². The fourth-order valence-electron chi connectivity index (χ4n) is 1.58. The maximum atomic E-state index is 13.1. The van der Waals surface area contributed by atoms with Crippen molar-refractivity contribution < 1.29 is 17.6 Å². The molecule has 0 amide bonds. The van der Waals surface area contributed by atoms with E-state index in [0.29, 0.717) is 18.7 Å². The number of hydrogen-bond acceptors (Lipinski definition) is 2. The molecule has 0 aromatic heterocycles. The molecule has 102 valence electrons. The van der Waals surface area contributed by atoms with E-state index in [-0.39, 0.29) is 0 Å². The Bertz CT molecular complexity index is 390. The van der Waals surface area contributed by atoms with Crippen molar-refractivity contribution >= 4 is 0 Å². The molecule has 0 aliphatic heterocycles. The lowest BCUT2D eigenvalue weighted by Crippen LogP contribution is -2.27. The van der Waals surface area contributed by atoms with Crippen LogP contribution < -0.4 is 5.32 Å². The van der Waals surface area contributed by atoms with E-state index in [1.807, 2.05) is 4.90 Å². The van der Waals surface area contributed by atoms with E-state index in [1.165, 1.54) is 6.07 Å². The minimum atomic E-state index is -4.65. The number of hydrogen-bond donors (Lipinski definition) is 1. The molecule has 0 unspecified atom stereocenters. The van der Waals surface area contributed by atoms with Crippen molar-refractivity contribution in [2.75, 3.05) is 27.2 Å². The Kier molecular flexibility index (Phi) is 5.10. The number of nitrogens with zero attached hydrogens (tertiary/aromatic N) is 1. The molecule has 0 aliphatic carbocycles. The Balaban J connectivity index is 2.79. The van der Waals surface area contributed by atoms with E-state index in [9.17, 15) is 17.6 Å². The monoisotopic (exact) mass is 264 g/mol. The Morgan fingerprint density at radius 1 is 1.28 bits per heavy atom. The topological polar surface area (TPSA) is 15.3 Å². The van der Waals surface area contributed by atoms with Crippen molar-refractivity contribution in [3.8, 4) is 0 Å². The van der Waals surface area contributed by atoms with Crippen molar-refractivity contribution in [3.63, 3.8) is 0 Å². The van der Waals surface area contributed by atoms with Crippen LogP contribution in [0.4, 0.5) is 17.6 Å². The molecule has 0 radical (unpaired) electrons. The van der Waals surface area contributed by atoms with Crippen LogP contribution in [0.5, 0.6) is 0 Å². The van der Waals surface area contributed by atoms with Crippen LogP contribution in [-0.2, 0) is 12.7 Å². The fourth-order valence-corrected chi connectivity index (χ4v) is 1.58. The number of alkyl halides is 3. The second kappa shape index (κ2) is 6.15. The number of halogens is 4. The molecule has 6 heteroatoms. The summed E-state index contributed by atoms with van der Waals surface area (Å²) in [6.45, 7) is 1.80. The number of likely N-dealkylation sites (N-methyl/N-ethyl adjacent to an activating group) is 2. The van der Waals surface area contributed by atoms with Gasteiger partial charge in [-0.3, -0.25) is 0 Å². The van der Waals surface area contributed by atoms with Gasteiger partial charge in [0.15, 0.2) is 0 Å². The molecule has 0 heterocycles. The van der Waals surface area contributed by atoms with Gasteiger partial charge >= 0.3 is 6.18 Å². The molecule has 0 atom stereocenters. The third-order valence-electron chi connectivity index (χ3n) is 2.53. The van der Waals surface area contributed by atoms with Crippen molar-refractivity contribution in [2.24, 2.45) is 0 Å². The van der Waals surface area contributed by atoms with Gasteiger partial charge in [-0.25, -0.2) is 4.39 Å². The molecule has 1 aromatic rings. The average molecular weight is 264 g/mol. The average Bonchev–Trinajstić information content (AvgIpc) is 2.27. The van der Waals surface area contributed by atoms with Crippen LogP contribution in [0, 0.1) is 5.82 Å². The fraction of sp³-hybridized carbons (Fsp3) is 0.500. The van der Waals surface area contributed by atoms with Crippen molar-refractivity contribution in [1.29, 1.82) is 0 Å². The van der Waals surface area contributed by atoms with E-state index in [4.69, 9.17) is 0 Å². The molecule has 1 N–H and O–H groups in total. The summed E-state index contributed by atoms with van der Waals surface area (Å²) in [6.07, 6.45) is -4.65. The van der Waals surface area contributed by atoms with E-state index in [1.54, 1.807) is 14.1 Å². The van der Waals surface area contributed by atoms with Crippen molar-refractivity contribution in [3.05, 3.63) is 35.1 Å². The third kappa shape index (κ3) is 4.27. The molecule has 0 aliphatic rings. The molecule has 0 saturated heterocycles. The van der Waals surface area contributed by atoms with Crippen LogP contribution in [0.3, 0.4) is 0 Å². The first-order valence-corrected chi connectivity index (χ1v) is 5.53. The van der Waals surface area contributed by atoms with Crippen LogP contribution in [-0.4, -0.2) is 32.1 Å². The summed E-state index contributed by atoms with van der Waals surface area (Å²) in [5.41, 5.74) is -0.760. The van der Waals surface area contributed by atoms with Crippen LogP contribution in [0.1, 0.15) is 11.1 Å². The molecule has 18 heavy (non-hydrogen) atoms. The van der Waals surface area contributed by atoms with E-state index in [2.05, 4.69) is 5.32 Å². The van der Waals surface area contributed by atoms with Gasteiger partial charge in [-0.05, 0) is 31.8 Å². The molecule has 0 fully saturated rings. The van der Waals surface area contributed by atoms with Crippen molar-refractivity contribution in [2.45, 2.75) is 12.7 Å². The van der Waals surface area contributed by atoms with Gasteiger partial charge in [-0.15, -0.1) is 0 Å². The van der Waals surface area contributed by atoms with Crippen LogP contribution in [0.15, 0.2) is 18.2 Å². The van der Waals surface area contributed by atoms with Gasteiger partial charge in [0, 0.05) is 19.6 Å². The minimum absolute atomic E-state index is 0.352. The number of benzene rings is 1. The summed E-state index contributed by atoms with van der Waals surface area (Å²) in [4.78, 5) is 1.86. The molecule has 0 spiro atoms. The molecule has 0 saturated carbocycles. The summed E-state index contributed by atoms with van der Waals surface area (Å²) in [7, 11) is 3.60. The zero-order chi connectivity index (χ0) is 13.8. The zero-order valence-electron chi connectivity index (χ0n) is 10.3. The zero-order valence-corrected chi connectivity index (χ0v) is 10.3. The predicted octanol–water partition coefficient (Wildman–Crippen LogP) is 2.50. The van der Waals surface area contributed by atoms with E-state index >= 15 is 0 Å². The van der Waals surface area contributed by atoms with Crippen molar-refractivity contribution in [1.82, 2.24) is 10.2 Å². The standard InChI is InChI=1S/C12H16F4N2/c1-17-5-6-18(2)8-9-3-4-11(13)10(7-9)12(14,15)16/h3-4,7,17H,5-6,8H2,1-2H3. The normalized spacial score (nSPS) is 12.2. The van der Waals surface area contributed by atoms with E-state index in [0.717, 1.165) is 18.7 Å². The summed E-state index contributed by atoms with van der Waals surface area (Å²) in [6, 6.07) is 3.11. The van der Waals surface area contributed by atoms with Gasteiger partial charge in [0.1, 0.15) is 5.82 Å². The lowest BCUT2D eigenvalue weighted by atomic mass is 10.1. The quantitative estimate of drug-likeness (QED) is 0.822.